The minimum Gasteiger partial charge on any atom is -0.496 e. The van der Waals surface area contributed by atoms with Crippen LogP contribution in [0, 0.1) is 0 Å². The average molecular weight is 290 g/mol. The molecular weight excluding hydrogens is 272 g/mol. The van der Waals surface area contributed by atoms with Gasteiger partial charge in [-0.15, -0.1) is 0 Å². The van der Waals surface area contributed by atoms with Crippen LogP contribution >= 0.6 is 12.2 Å². The molecule has 4 nitrogen and oxygen atoms in total. The fourth-order valence-electron chi connectivity index (χ4n) is 2.03. The van der Waals surface area contributed by atoms with Gasteiger partial charge in [0.05, 0.1) is 7.11 Å². The molecule has 0 bridgehead atoms. The topological polar surface area (TPSA) is 41.6 Å². The molecule has 0 saturated carbocycles. The van der Waals surface area contributed by atoms with Crippen molar-refractivity contribution in [1.82, 2.24) is 10.2 Å². The maximum Gasteiger partial charge on any atom is 0.276 e. The Bertz CT molecular complexity index is 555. The van der Waals surface area contributed by atoms with Crippen molar-refractivity contribution in [3.8, 4) is 5.75 Å². The summed E-state index contributed by atoms with van der Waals surface area (Å²) in [5.74, 6) is 0.655. The number of thiocarbonyl (C=S) groups is 1. The Morgan fingerprint density at radius 2 is 2.15 bits per heavy atom. The highest BCUT2D eigenvalue weighted by Crippen LogP contribution is 2.22. The molecule has 0 spiro atoms. The van der Waals surface area contributed by atoms with Gasteiger partial charge in [0.15, 0.2) is 5.11 Å². The van der Waals surface area contributed by atoms with Crippen molar-refractivity contribution in [1.29, 1.82) is 0 Å². The van der Waals surface area contributed by atoms with E-state index >= 15 is 0 Å². The average Bonchev–Trinajstić information content (AvgIpc) is 2.72. The van der Waals surface area contributed by atoms with Crippen LogP contribution in [0.2, 0.25) is 0 Å². The number of methoxy groups -OCH3 is 1. The molecule has 1 aliphatic rings. The molecule has 1 amide bonds. The van der Waals surface area contributed by atoms with Crippen LogP contribution in [0.1, 0.15) is 25.3 Å². The number of para-hydroxylation sites is 1. The second-order valence-corrected chi connectivity index (χ2v) is 4.93. The first-order valence-electron chi connectivity index (χ1n) is 6.65. The standard InChI is InChI=1S/C15H18N2O2S/c1-3-4-9-17-14(18)12(16-15(17)20)10-11-7-5-6-8-13(11)19-2/h5-8,10H,3-4,9H2,1-2H3,(H,16,20)/b12-10+. The number of carbonyl (C=O) groups is 1. The molecule has 0 atom stereocenters. The van der Waals surface area contributed by atoms with Gasteiger partial charge in [0.2, 0.25) is 0 Å². The Morgan fingerprint density at radius 1 is 1.40 bits per heavy atom. The highest BCUT2D eigenvalue weighted by atomic mass is 32.1. The SMILES string of the molecule is CCCCN1C(=O)/C(=C\c2ccccc2OC)NC1=S. The summed E-state index contributed by atoms with van der Waals surface area (Å²) in [4.78, 5) is 13.9. The molecule has 1 fully saturated rings. The minimum absolute atomic E-state index is 0.0747. The Kier molecular flexibility index (Phi) is 4.74. The fourth-order valence-corrected chi connectivity index (χ4v) is 2.32. The molecule has 0 unspecified atom stereocenters. The van der Waals surface area contributed by atoms with Gasteiger partial charge in [-0.1, -0.05) is 31.5 Å². The van der Waals surface area contributed by atoms with Gasteiger partial charge in [-0.3, -0.25) is 9.69 Å². The van der Waals surface area contributed by atoms with E-state index in [1.54, 1.807) is 18.1 Å². The van der Waals surface area contributed by atoms with Gasteiger partial charge in [0, 0.05) is 12.1 Å². The van der Waals surface area contributed by atoms with Gasteiger partial charge < -0.3 is 10.1 Å². The number of rotatable bonds is 5. The Hall–Kier alpha value is -1.88. The normalized spacial score (nSPS) is 16.7. The number of carbonyl (C=O) groups excluding carboxylic acids is 1. The predicted octanol–water partition coefficient (Wildman–Crippen LogP) is 2.55. The first-order valence-corrected chi connectivity index (χ1v) is 7.05. The van der Waals surface area contributed by atoms with Crippen molar-refractivity contribution in [3.05, 3.63) is 35.5 Å². The predicted molar refractivity (Wildman–Crippen MR) is 83.3 cm³/mol. The van der Waals surface area contributed by atoms with Crippen LogP contribution in [-0.4, -0.2) is 29.6 Å². The number of hydrogen-bond acceptors (Lipinski definition) is 3. The summed E-state index contributed by atoms with van der Waals surface area (Å²) in [6.45, 7) is 2.74. The lowest BCUT2D eigenvalue weighted by atomic mass is 10.1. The maximum absolute atomic E-state index is 12.3. The quantitative estimate of drug-likeness (QED) is 0.668. The van der Waals surface area contributed by atoms with Crippen LogP contribution in [0.4, 0.5) is 0 Å². The summed E-state index contributed by atoms with van der Waals surface area (Å²) >= 11 is 5.21. The molecule has 5 heteroatoms. The molecule has 0 aliphatic carbocycles. The van der Waals surface area contributed by atoms with Gasteiger partial charge in [-0.05, 0) is 30.8 Å². The summed E-state index contributed by atoms with van der Waals surface area (Å²) in [7, 11) is 1.61. The molecule has 1 heterocycles. The van der Waals surface area contributed by atoms with E-state index in [2.05, 4.69) is 12.2 Å². The molecule has 1 N–H and O–H groups in total. The minimum atomic E-state index is -0.0747. The van der Waals surface area contributed by atoms with Gasteiger partial charge in [0.25, 0.3) is 5.91 Å². The second kappa shape index (κ2) is 6.52. The van der Waals surface area contributed by atoms with Crippen molar-refractivity contribution in [2.45, 2.75) is 19.8 Å². The van der Waals surface area contributed by atoms with Gasteiger partial charge in [-0.25, -0.2) is 0 Å². The van der Waals surface area contributed by atoms with E-state index in [0.717, 1.165) is 24.2 Å². The summed E-state index contributed by atoms with van der Waals surface area (Å²) in [6, 6.07) is 7.56. The van der Waals surface area contributed by atoms with Crippen molar-refractivity contribution in [3.63, 3.8) is 0 Å². The van der Waals surface area contributed by atoms with Crippen LogP contribution in [0.25, 0.3) is 6.08 Å². The number of amides is 1. The van der Waals surface area contributed by atoms with E-state index in [0.29, 0.717) is 17.4 Å². The van der Waals surface area contributed by atoms with E-state index in [1.807, 2.05) is 24.3 Å². The Balaban J connectivity index is 2.23. The van der Waals surface area contributed by atoms with Gasteiger partial charge >= 0.3 is 0 Å². The van der Waals surface area contributed by atoms with Crippen LogP contribution in [0.15, 0.2) is 30.0 Å². The third-order valence-corrected chi connectivity index (χ3v) is 3.46. The highest BCUT2D eigenvalue weighted by Gasteiger charge is 2.29. The second-order valence-electron chi connectivity index (χ2n) is 4.54. The van der Waals surface area contributed by atoms with E-state index in [1.165, 1.54) is 0 Å². The molecule has 2 rings (SSSR count). The molecule has 1 aliphatic heterocycles. The van der Waals surface area contributed by atoms with Gasteiger partial charge in [0.1, 0.15) is 11.4 Å². The molecule has 106 valence electrons. The smallest absolute Gasteiger partial charge is 0.276 e. The molecular formula is C15H18N2O2S. The molecule has 0 aromatic heterocycles. The van der Waals surface area contributed by atoms with Crippen molar-refractivity contribution in [2.75, 3.05) is 13.7 Å². The third kappa shape index (κ3) is 2.99. The van der Waals surface area contributed by atoms with Crippen LogP contribution in [0.3, 0.4) is 0 Å². The monoisotopic (exact) mass is 290 g/mol. The number of nitrogens with zero attached hydrogens (tertiary/aromatic N) is 1. The summed E-state index contributed by atoms with van der Waals surface area (Å²) in [5.41, 5.74) is 1.35. The molecule has 1 aromatic rings. The van der Waals surface area contributed by atoms with Crippen LogP contribution < -0.4 is 10.1 Å². The van der Waals surface area contributed by atoms with Crippen molar-refractivity contribution < 1.29 is 9.53 Å². The zero-order valence-electron chi connectivity index (χ0n) is 11.7. The number of unbranched alkanes of at least 4 members (excludes halogenated alkanes) is 1. The first kappa shape index (κ1) is 14.5. The first-order chi connectivity index (χ1) is 9.67. The van der Waals surface area contributed by atoms with E-state index < -0.39 is 0 Å². The number of ether oxygens (including phenoxy) is 1. The van der Waals surface area contributed by atoms with Crippen molar-refractivity contribution in [2.24, 2.45) is 0 Å². The molecule has 20 heavy (non-hydrogen) atoms. The summed E-state index contributed by atoms with van der Waals surface area (Å²) in [6.07, 6.45) is 3.74. The molecule has 1 saturated heterocycles. The lowest BCUT2D eigenvalue weighted by Gasteiger charge is -2.12. The zero-order valence-corrected chi connectivity index (χ0v) is 12.5. The lowest BCUT2D eigenvalue weighted by Crippen LogP contribution is -2.31. The Labute approximate surface area is 124 Å². The molecule has 0 radical (unpaired) electrons. The lowest BCUT2D eigenvalue weighted by molar-refractivity contribution is -0.122. The number of hydrogen-bond donors (Lipinski definition) is 1. The van der Waals surface area contributed by atoms with Crippen LogP contribution in [-0.2, 0) is 4.79 Å². The number of benzene rings is 1. The third-order valence-electron chi connectivity index (χ3n) is 3.14. The van der Waals surface area contributed by atoms with E-state index in [4.69, 9.17) is 17.0 Å². The van der Waals surface area contributed by atoms with Gasteiger partial charge in [-0.2, -0.15) is 0 Å². The highest BCUT2D eigenvalue weighted by molar-refractivity contribution is 7.80. The fraction of sp³-hybridized carbons (Fsp3) is 0.333. The molecule has 1 aromatic carbocycles. The number of nitrogens with one attached hydrogen (secondary N) is 1. The Morgan fingerprint density at radius 3 is 2.85 bits per heavy atom. The largest absolute Gasteiger partial charge is 0.496 e. The summed E-state index contributed by atoms with van der Waals surface area (Å²) in [5, 5.41) is 3.45. The van der Waals surface area contributed by atoms with E-state index in [-0.39, 0.29) is 5.91 Å². The van der Waals surface area contributed by atoms with E-state index in [9.17, 15) is 4.79 Å². The summed E-state index contributed by atoms with van der Waals surface area (Å²) < 4.78 is 5.28. The maximum atomic E-state index is 12.3. The van der Waals surface area contributed by atoms with Crippen molar-refractivity contribution >= 4 is 29.3 Å². The van der Waals surface area contributed by atoms with Crippen LogP contribution in [0.5, 0.6) is 5.75 Å². The zero-order chi connectivity index (χ0) is 14.5.